The maximum atomic E-state index is 12.5. The number of thioether (sulfide) groups is 1. The molecule has 0 bridgehead atoms. The first-order chi connectivity index (χ1) is 16.4. The third kappa shape index (κ3) is 6.67. The minimum absolute atomic E-state index is 0.0606. The standard InChI is InChI=1S/C23H25N3O6S2/c1-4-14(5-2)20(28)24-22-25-26-23(34-22)33-13-15-11-17(27)19(12-31-15)32-21(29)16-9-7-8-10-18(16)30-6-3/h7-12,14H,4-6,13H2,1-3H3,(H,24,25,28). The van der Waals surface area contributed by atoms with Crippen LogP contribution >= 0.6 is 23.1 Å². The van der Waals surface area contributed by atoms with Crippen LogP contribution in [0.15, 0.2) is 50.1 Å². The van der Waals surface area contributed by atoms with Crippen molar-refractivity contribution in [2.75, 3.05) is 11.9 Å². The second-order valence-corrected chi connectivity index (χ2v) is 9.26. The molecular weight excluding hydrogens is 478 g/mol. The summed E-state index contributed by atoms with van der Waals surface area (Å²) >= 11 is 2.56. The Kier molecular flexibility index (Phi) is 9.23. The molecule has 2 heterocycles. The molecular formula is C23H25N3O6S2. The van der Waals surface area contributed by atoms with E-state index < -0.39 is 11.4 Å². The van der Waals surface area contributed by atoms with Gasteiger partial charge in [-0.1, -0.05) is 49.1 Å². The predicted octanol–water partition coefficient (Wildman–Crippen LogP) is 4.78. The van der Waals surface area contributed by atoms with Crippen LogP contribution in [0.25, 0.3) is 0 Å². The van der Waals surface area contributed by atoms with Gasteiger partial charge in [-0.05, 0) is 31.9 Å². The molecule has 0 atom stereocenters. The fraction of sp³-hybridized carbons (Fsp3) is 0.348. The Balaban J connectivity index is 1.59. The van der Waals surface area contributed by atoms with Crippen LogP contribution in [-0.4, -0.2) is 28.7 Å². The molecule has 1 N–H and O–H groups in total. The Bertz CT molecular complexity index is 1190. The molecule has 0 unspecified atom stereocenters. The van der Waals surface area contributed by atoms with E-state index in [1.165, 1.54) is 29.2 Å². The molecule has 1 aromatic carbocycles. The van der Waals surface area contributed by atoms with Crippen LogP contribution in [0.3, 0.4) is 0 Å². The lowest BCUT2D eigenvalue weighted by atomic mass is 10.0. The van der Waals surface area contributed by atoms with Crippen LogP contribution in [0.1, 0.15) is 49.7 Å². The lowest BCUT2D eigenvalue weighted by Crippen LogP contribution is -2.21. The summed E-state index contributed by atoms with van der Waals surface area (Å²) in [6.45, 7) is 6.13. The molecule has 0 aliphatic carbocycles. The number of carbonyl (C=O) groups excluding carboxylic acids is 2. The summed E-state index contributed by atoms with van der Waals surface area (Å²) in [4.78, 5) is 37.1. The molecule has 0 aliphatic rings. The number of nitrogens with one attached hydrogen (secondary N) is 1. The maximum absolute atomic E-state index is 12.5. The highest BCUT2D eigenvalue weighted by Gasteiger charge is 2.18. The number of hydrogen-bond acceptors (Lipinski definition) is 10. The molecule has 0 saturated heterocycles. The van der Waals surface area contributed by atoms with E-state index >= 15 is 0 Å². The summed E-state index contributed by atoms with van der Waals surface area (Å²) < 4.78 is 16.7. The number of aromatic nitrogens is 2. The second-order valence-electron chi connectivity index (χ2n) is 7.06. The number of benzene rings is 1. The number of esters is 1. The number of para-hydroxylation sites is 1. The molecule has 34 heavy (non-hydrogen) atoms. The van der Waals surface area contributed by atoms with E-state index in [2.05, 4.69) is 15.5 Å². The van der Waals surface area contributed by atoms with Gasteiger partial charge in [-0.25, -0.2) is 4.79 Å². The predicted molar refractivity (Wildman–Crippen MR) is 130 cm³/mol. The normalized spacial score (nSPS) is 10.8. The molecule has 11 heteroatoms. The lowest BCUT2D eigenvalue weighted by Gasteiger charge is -2.09. The first kappa shape index (κ1) is 25.4. The van der Waals surface area contributed by atoms with Gasteiger partial charge in [0.2, 0.25) is 22.2 Å². The Morgan fingerprint density at radius 2 is 1.91 bits per heavy atom. The van der Waals surface area contributed by atoms with E-state index in [-0.39, 0.29) is 23.1 Å². The monoisotopic (exact) mass is 503 g/mol. The van der Waals surface area contributed by atoms with Crippen molar-refractivity contribution >= 4 is 40.1 Å². The third-order valence-electron chi connectivity index (χ3n) is 4.79. The van der Waals surface area contributed by atoms with Gasteiger partial charge in [0.1, 0.15) is 23.3 Å². The summed E-state index contributed by atoms with van der Waals surface area (Å²) in [5.41, 5.74) is -0.272. The minimum Gasteiger partial charge on any atom is -0.493 e. The van der Waals surface area contributed by atoms with Crippen molar-refractivity contribution in [2.45, 2.75) is 43.7 Å². The summed E-state index contributed by atoms with van der Waals surface area (Å²) in [6, 6.07) is 7.89. The summed E-state index contributed by atoms with van der Waals surface area (Å²) in [5, 5.41) is 11.2. The van der Waals surface area contributed by atoms with Crippen molar-refractivity contribution in [3.63, 3.8) is 0 Å². The lowest BCUT2D eigenvalue weighted by molar-refractivity contribution is -0.120. The van der Waals surface area contributed by atoms with Crippen molar-refractivity contribution in [1.29, 1.82) is 0 Å². The molecule has 0 saturated carbocycles. The molecule has 180 valence electrons. The minimum atomic E-state index is -0.713. The molecule has 0 radical (unpaired) electrons. The van der Waals surface area contributed by atoms with Crippen LogP contribution in [-0.2, 0) is 10.5 Å². The number of nitrogens with zero attached hydrogens (tertiary/aromatic N) is 2. The molecule has 3 aromatic rings. The fourth-order valence-corrected chi connectivity index (χ4v) is 4.62. The fourth-order valence-electron chi connectivity index (χ4n) is 2.98. The Labute approximate surface area is 204 Å². The summed E-state index contributed by atoms with van der Waals surface area (Å²) in [5.74, 6) is 0.00311. The van der Waals surface area contributed by atoms with Crippen molar-refractivity contribution < 1.29 is 23.5 Å². The zero-order valence-corrected chi connectivity index (χ0v) is 20.7. The van der Waals surface area contributed by atoms with Crippen LogP contribution in [0.4, 0.5) is 5.13 Å². The van der Waals surface area contributed by atoms with Gasteiger partial charge in [-0.2, -0.15) is 0 Å². The first-order valence-electron chi connectivity index (χ1n) is 10.8. The number of amides is 1. The van der Waals surface area contributed by atoms with Gasteiger partial charge in [-0.15, -0.1) is 10.2 Å². The van der Waals surface area contributed by atoms with Gasteiger partial charge < -0.3 is 19.2 Å². The van der Waals surface area contributed by atoms with Gasteiger partial charge in [0, 0.05) is 12.0 Å². The molecule has 3 rings (SSSR count). The van der Waals surface area contributed by atoms with Gasteiger partial charge in [0.25, 0.3) is 0 Å². The molecule has 0 aliphatic heterocycles. The SMILES string of the molecule is CCOc1ccccc1C(=O)Oc1coc(CSc2nnc(NC(=O)C(CC)CC)s2)cc1=O. The number of anilines is 1. The average Bonchev–Trinajstić information content (AvgIpc) is 3.27. The maximum Gasteiger partial charge on any atom is 0.347 e. The molecule has 0 fully saturated rings. The molecule has 1 amide bonds. The van der Waals surface area contributed by atoms with Gasteiger partial charge in [-0.3, -0.25) is 9.59 Å². The zero-order valence-electron chi connectivity index (χ0n) is 19.0. The number of ether oxygens (including phenoxy) is 2. The van der Waals surface area contributed by atoms with E-state index in [1.807, 2.05) is 13.8 Å². The molecule has 9 nitrogen and oxygen atoms in total. The topological polar surface area (TPSA) is 121 Å². The van der Waals surface area contributed by atoms with Crippen LogP contribution in [0.2, 0.25) is 0 Å². The highest BCUT2D eigenvalue weighted by atomic mass is 32.2. The molecule has 0 spiro atoms. The number of hydrogen-bond donors (Lipinski definition) is 1. The van der Waals surface area contributed by atoms with Gasteiger partial charge in [0.05, 0.1) is 12.4 Å². The van der Waals surface area contributed by atoms with Crippen molar-refractivity contribution in [3.05, 3.63) is 58.1 Å². The number of rotatable bonds is 11. The Morgan fingerprint density at radius 3 is 2.62 bits per heavy atom. The summed E-state index contributed by atoms with van der Waals surface area (Å²) in [7, 11) is 0. The van der Waals surface area contributed by atoms with Crippen molar-refractivity contribution in [2.24, 2.45) is 5.92 Å². The highest BCUT2D eigenvalue weighted by Crippen LogP contribution is 2.29. The smallest absolute Gasteiger partial charge is 0.347 e. The largest absolute Gasteiger partial charge is 0.493 e. The number of carbonyl (C=O) groups is 2. The van der Waals surface area contributed by atoms with Crippen LogP contribution < -0.4 is 20.2 Å². The third-order valence-corrected chi connectivity index (χ3v) is 6.79. The van der Waals surface area contributed by atoms with E-state index in [0.717, 1.165) is 19.1 Å². The Hall–Kier alpha value is -3.18. The first-order valence-corrected chi connectivity index (χ1v) is 12.6. The quantitative estimate of drug-likeness (QED) is 0.224. The van der Waals surface area contributed by atoms with Crippen LogP contribution in [0.5, 0.6) is 11.5 Å². The average molecular weight is 504 g/mol. The van der Waals surface area contributed by atoms with Crippen molar-refractivity contribution in [1.82, 2.24) is 10.2 Å². The van der Waals surface area contributed by atoms with Gasteiger partial charge in [0.15, 0.2) is 4.34 Å². The van der Waals surface area contributed by atoms with E-state index in [1.54, 1.807) is 31.2 Å². The van der Waals surface area contributed by atoms with E-state index in [0.29, 0.717) is 33.3 Å². The van der Waals surface area contributed by atoms with E-state index in [9.17, 15) is 14.4 Å². The van der Waals surface area contributed by atoms with Crippen molar-refractivity contribution in [3.8, 4) is 11.5 Å². The molecule has 2 aromatic heterocycles. The van der Waals surface area contributed by atoms with E-state index in [4.69, 9.17) is 13.9 Å². The van der Waals surface area contributed by atoms with Crippen LogP contribution in [0, 0.1) is 5.92 Å². The highest BCUT2D eigenvalue weighted by molar-refractivity contribution is 8.00. The summed E-state index contributed by atoms with van der Waals surface area (Å²) in [6.07, 6.45) is 2.62. The zero-order chi connectivity index (χ0) is 24.5. The van der Waals surface area contributed by atoms with Gasteiger partial charge >= 0.3 is 5.97 Å². The Morgan fingerprint density at radius 1 is 1.15 bits per heavy atom. The second kappa shape index (κ2) is 12.3.